The Hall–Kier alpha value is -2.51. The van der Waals surface area contributed by atoms with Gasteiger partial charge in [-0.2, -0.15) is 5.10 Å². The fourth-order valence-corrected chi connectivity index (χ4v) is 3.99. The van der Waals surface area contributed by atoms with Gasteiger partial charge in [0.25, 0.3) is 0 Å². The van der Waals surface area contributed by atoms with Gasteiger partial charge in [-0.3, -0.25) is 14.5 Å². The van der Waals surface area contributed by atoms with Gasteiger partial charge >= 0.3 is 0 Å². The molecule has 0 aliphatic heterocycles. The molecule has 1 N–H and O–H groups in total. The van der Waals surface area contributed by atoms with Gasteiger partial charge < -0.3 is 4.90 Å². The molecule has 3 aromatic rings. The highest BCUT2D eigenvalue weighted by Crippen LogP contribution is 2.31. The van der Waals surface area contributed by atoms with Crippen LogP contribution in [0, 0.1) is 17.5 Å². The number of carbonyl (C=O) groups excluding carboxylic acids is 1. The molecule has 2 aromatic carbocycles. The zero-order valence-corrected chi connectivity index (χ0v) is 18.1. The molecule has 0 spiro atoms. The summed E-state index contributed by atoms with van der Waals surface area (Å²) in [6.45, 7) is 2.59. The van der Waals surface area contributed by atoms with E-state index in [0.717, 1.165) is 24.0 Å². The van der Waals surface area contributed by atoms with Crippen molar-refractivity contribution in [1.29, 1.82) is 0 Å². The average Bonchev–Trinajstić information content (AvgIpc) is 3.48. The second kappa shape index (κ2) is 8.70. The van der Waals surface area contributed by atoms with Gasteiger partial charge in [0.05, 0.1) is 6.54 Å². The Balaban J connectivity index is 1.51. The van der Waals surface area contributed by atoms with E-state index in [1.165, 1.54) is 6.07 Å². The van der Waals surface area contributed by atoms with Crippen LogP contribution in [0.4, 0.5) is 4.39 Å². The smallest absolute Gasteiger partial charge is 0.224 e. The van der Waals surface area contributed by atoms with Crippen molar-refractivity contribution in [3.05, 3.63) is 69.2 Å². The molecule has 0 bridgehead atoms. The number of nitrogens with one attached hydrogen (secondary N) is 1. The Morgan fingerprint density at radius 2 is 2.10 bits per heavy atom. The quantitative estimate of drug-likeness (QED) is 0.504. The third-order valence-electron chi connectivity index (χ3n) is 5.28. The van der Waals surface area contributed by atoms with E-state index in [2.05, 4.69) is 10.2 Å². The largest absolute Gasteiger partial charge is 0.335 e. The predicted molar refractivity (Wildman–Crippen MR) is 117 cm³/mol. The van der Waals surface area contributed by atoms with Crippen LogP contribution in [-0.2, 0) is 17.9 Å². The normalized spacial score (nSPS) is 13.4. The summed E-state index contributed by atoms with van der Waals surface area (Å²) in [6, 6.07) is 12.7. The number of hydrogen-bond acceptors (Lipinski definition) is 3. The van der Waals surface area contributed by atoms with Gasteiger partial charge in [-0.1, -0.05) is 41.4 Å². The maximum Gasteiger partial charge on any atom is 0.224 e. The van der Waals surface area contributed by atoms with Crippen molar-refractivity contribution in [2.24, 2.45) is 0 Å². The summed E-state index contributed by atoms with van der Waals surface area (Å²) in [5, 5.41) is 7.50. The summed E-state index contributed by atoms with van der Waals surface area (Å²) in [5.74, 6) is 0.265. The standard InChI is InChI=1S/C22H22ClFN4OS/c1-14-4-2-5-15(12-14)21-25-26-22(30)27(21)11-10-20(29)28(16-8-9-16)13-17-18(23)6-3-7-19(17)24/h2-7,12,16H,8-11,13H2,1H3,(H,26,30). The maximum atomic E-state index is 14.2. The number of hydrogen-bond donors (Lipinski definition) is 1. The number of nitrogens with zero attached hydrogens (tertiary/aromatic N) is 3. The molecule has 5 nitrogen and oxygen atoms in total. The van der Waals surface area contributed by atoms with E-state index in [1.807, 2.05) is 35.8 Å². The second-order valence-corrected chi connectivity index (χ2v) is 8.37. The highest BCUT2D eigenvalue weighted by molar-refractivity contribution is 7.71. The van der Waals surface area contributed by atoms with Gasteiger partial charge in [0, 0.05) is 35.2 Å². The number of aromatic amines is 1. The maximum absolute atomic E-state index is 14.2. The first kappa shape index (κ1) is 20.8. The first-order valence-electron chi connectivity index (χ1n) is 9.88. The number of amides is 1. The molecule has 1 aromatic heterocycles. The van der Waals surface area contributed by atoms with Crippen molar-refractivity contribution in [1.82, 2.24) is 19.7 Å². The van der Waals surface area contributed by atoms with Crippen molar-refractivity contribution in [2.45, 2.75) is 45.3 Å². The van der Waals surface area contributed by atoms with Gasteiger partial charge in [-0.15, -0.1) is 0 Å². The Morgan fingerprint density at radius 3 is 2.80 bits per heavy atom. The van der Waals surface area contributed by atoms with Crippen LogP contribution in [0.25, 0.3) is 11.4 Å². The molecule has 0 atom stereocenters. The molecule has 0 unspecified atom stereocenters. The van der Waals surface area contributed by atoms with Crippen molar-refractivity contribution >= 4 is 29.7 Å². The van der Waals surface area contributed by atoms with E-state index < -0.39 is 0 Å². The van der Waals surface area contributed by atoms with Crippen LogP contribution in [0.5, 0.6) is 0 Å². The van der Waals surface area contributed by atoms with Crippen molar-refractivity contribution in [3.63, 3.8) is 0 Å². The molecule has 1 heterocycles. The third kappa shape index (κ3) is 4.47. The highest BCUT2D eigenvalue weighted by Gasteiger charge is 2.33. The lowest BCUT2D eigenvalue weighted by Crippen LogP contribution is -2.33. The summed E-state index contributed by atoms with van der Waals surface area (Å²) in [5.41, 5.74) is 2.41. The lowest BCUT2D eigenvalue weighted by Gasteiger charge is -2.23. The molecule has 4 rings (SSSR count). The molecule has 30 heavy (non-hydrogen) atoms. The number of halogens is 2. The molecule has 1 saturated carbocycles. The first-order valence-corrected chi connectivity index (χ1v) is 10.7. The number of aryl methyl sites for hydroxylation is 1. The number of rotatable bonds is 7. The SMILES string of the molecule is Cc1cccc(-c2n[nH]c(=S)n2CCC(=O)N(Cc2c(F)cccc2Cl)C2CC2)c1. The van der Waals surface area contributed by atoms with E-state index in [0.29, 0.717) is 27.7 Å². The lowest BCUT2D eigenvalue weighted by molar-refractivity contribution is -0.132. The second-order valence-electron chi connectivity index (χ2n) is 7.58. The van der Waals surface area contributed by atoms with Crippen molar-refractivity contribution in [2.75, 3.05) is 0 Å². The molecule has 0 radical (unpaired) electrons. The zero-order valence-electron chi connectivity index (χ0n) is 16.6. The number of H-pyrrole nitrogens is 1. The Bertz CT molecular complexity index is 1120. The first-order chi connectivity index (χ1) is 14.4. The highest BCUT2D eigenvalue weighted by atomic mass is 35.5. The van der Waals surface area contributed by atoms with Crippen LogP contribution in [0.3, 0.4) is 0 Å². The number of benzene rings is 2. The molecular formula is C22H22ClFN4OS. The fourth-order valence-electron chi connectivity index (χ4n) is 3.54. The molecule has 1 aliphatic rings. The Kier molecular flexibility index (Phi) is 6.01. The third-order valence-corrected chi connectivity index (χ3v) is 5.95. The van der Waals surface area contributed by atoms with E-state index in [1.54, 1.807) is 17.0 Å². The van der Waals surface area contributed by atoms with Gasteiger partial charge in [-0.05, 0) is 50.2 Å². The van der Waals surface area contributed by atoms with Gasteiger partial charge in [0.2, 0.25) is 5.91 Å². The minimum atomic E-state index is -0.389. The summed E-state index contributed by atoms with van der Waals surface area (Å²) in [4.78, 5) is 14.8. The van der Waals surface area contributed by atoms with Gasteiger partial charge in [-0.25, -0.2) is 4.39 Å². The number of aromatic nitrogens is 3. The Morgan fingerprint density at radius 1 is 1.33 bits per heavy atom. The van der Waals surface area contributed by atoms with E-state index in [4.69, 9.17) is 23.8 Å². The van der Waals surface area contributed by atoms with Crippen molar-refractivity contribution in [3.8, 4) is 11.4 Å². The van der Waals surface area contributed by atoms with Crippen LogP contribution in [0.1, 0.15) is 30.4 Å². The summed E-state index contributed by atoms with van der Waals surface area (Å²) in [7, 11) is 0. The minimum Gasteiger partial charge on any atom is -0.335 e. The van der Waals surface area contributed by atoms with E-state index in [-0.39, 0.29) is 30.7 Å². The summed E-state index contributed by atoms with van der Waals surface area (Å²) in [6.07, 6.45) is 2.10. The van der Waals surface area contributed by atoms with Crippen molar-refractivity contribution < 1.29 is 9.18 Å². The van der Waals surface area contributed by atoms with Crippen LogP contribution in [0.2, 0.25) is 5.02 Å². The minimum absolute atomic E-state index is 0.0462. The van der Waals surface area contributed by atoms with E-state index in [9.17, 15) is 9.18 Å². The van der Waals surface area contributed by atoms with Gasteiger partial charge in [0.15, 0.2) is 10.6 Å². The molecule has 1 fully saturated rings. The van der Waals surface area contributed by atoms with Crippen LogP contribution < -0.4 is 0 Å². The lowest BCUT2D eigenvalue weighted by atomic mass is 10.1. The molecular weight excluding hydrogens is 423 g/mol. The average molecular weight is 445 g/mol. The molecule has 1 amide bonds. The fraction of sp³-hybridized carbons (Fsp3) is 0.318. The number of carbonyl (C=O) groups is 1. The van der Waals surface area contributed by atoms with E-state index >= 15 is 0 Å². The summed E-state index contributed by atoms with van der Waals surface area (Å²) >= 11 is 11.6. The van der Waals surface area contributed by atoms with Crippen LogP contribution >= 0.6 is 23.8 Å². The zero-order chi connectivity index (χ0) is 21.3. The molecule has 1 aliphatic carbocycles. The summed E-state index contributed by atoms with van der Waals surface area (Å²) < 4.78 is 16.5. The molecule has 0 saturated heterocycles. The monoisotopic (exact) mass is 444 g/mol. The van der Waals surface area contributed by atoms with Crippen LogP contribution in [-0.4, -0.2) is 31.6 Å². The predicted octanol–water partition coefficient (Wildman–Crippen LogP) is 5.29. The molecule has 8 heteroatoms. The Labute approximate surface area is 184 Å². The molecule has 156 valence electrons. The van der Waals surface area contributed by atoms with Gasteiger partial charge in [0.1, 0.15) is 5.82 Å². The topological polar surface area (TPSA) is 53.9 Å². The van der Waals surface area contributed by atoms with Crippen LogP contribution in [0.15, 0.2) is 42.5 Å².